The first kappa shape index (κ1) is 12.8. The van der Waals surface area contributed by atoms with Crippen molar-refractivity contribution in [2.75, 3.05) is 31.1 Å². The van der Waals surface area contributed by atoms with Gasteiger partial charge in [-0.1, -0.05) is 11.6 Å². The summed E-state index contributed by atoms with van der Waals surface area (Å²) >= 11 is 6.02. The molecule has 0 atom stereocenters. The lowest BCUT2D eigenvalue weighted by Crippen LogP contribution is -2.47. The summed E-state index contributed by atoms with van der Waals surface area (Å²) in [6.07, 6.45) is 3.42. The van der Waals surface area contributed by atoms with Crippen molar-refractivity contribution >= 4 is 23.7 Å². The van der Waals surface area contributed by atoms with Crippen LogP contribution in [0.5, 0.6) is 0 Å². The van der Waals surface area contributed by atoms with Gasteiger partial charge in [0.15, 0.2) is 6.29 Å². The van der Waals surface area contributed by atoms with E-state index in [-0.39, 0.29) is 5.15 Å². The van der Waals surface area contributed by atoms with E-state index in [0.717, 1.165) is 38.5 Å². The zero-order chi connectivity index (χ0) is 13.4. The van der Waals surface area contributed by atoms with E-state index >= 15 is 0 Å². The Hall–Kier alpha value is -1.20. The Morgan fingerprint density at radius 1 is 1.21 bits per heavy atom. The van der Waals surface area contributed by atoms with Gasteiger partial charge in [-0.25, -0.2) is 9.97 Å². The molecule has 0 bridgehead atoms. The van der Waals surface area contributed by atoms with Crippen LogP contribution >= 0.6 is 11.6 Å². The van der Waals surface area contributed by atoms with Gasteiger partial charge in [0.25, 0.3) is 0 Å². The number of carbonyl (C=O) groups is 1. The highest BCUT2D eigenvalue weighted by Gasteiger charge is 2.32. The van der Waals surface area contributed by atoms with E-state index in [1.165, 1.54) is 12.8 Å². The molecule has 1 aliphatic heterocycles. The molecule has 0 unspecified atom stereocenters. The maximum absolute atomic E-state index is 11.2. The average molecular weight is 281 g/mol. The number of piperazine rings is 1. The third kappa shape index (κ3) is 2.58. The SMILES string of the molecule is Cc1nc(Cl)c(C=O)c(N2CCN(C3CC3)CC2)n1. The second-order valence-electron chi connectivity index (χ2n) is 5.17. The minimum atomic E-state index is 0.252. The number of halogens is 1. The molecular formula is C13H17ClN4O. The Labute approximate surface area is 117 Å². The molecule has 19 heavy (non-hydrogen) atoms. The van der Waals surface area contributed by atoms with E-state index in [4.69, 9.17) is 11.6 Å². The third-order valence-electron chi connectivity index (χ3n) is 3.79. The third-order valence-corrected chi connectivity index (χ3v) is 4.07. The number of hydrogen-bond donors (Lipinski definition) is 0. The van der Waals surface area contributed by atoms with Gasteiger partial charge in [0, 0.05) is 32.2 Å². The molecule has 1 saturated heterocycles. The van der Waals surface area contributed by atoms with Crippen molar-refractivity contribution in [1.29, 1.82) is 0 Å². The predicted molar refractivity (Wildman–Crippen MR) is 74.0 cm³/mol. The molecule has 2 heterocycles. The molecule has 6 heteroatoms. The maximum atomic E-state index is 11.2. The highest BCUT2D eigenvalue weighted by Crippen LogP contribution is 2.29. The Kier molecular flexibility index (Phi) is 3.41. The normalized spacial score (nSPS) is 20.6. The van der Waals surface area contributed by atoms with Gasteiger partial charge in [-0.3, -0.25) is 9.69 Å². The van der Waals surface area contributed by atoms with Crippen molar-refractivity contribution in [2.45, 2.75) is 25.8 Å². The molecule has 0 aromatic carbocycles. The first-order valence-corrected chi connectivity index (χ1v) is 7.05. The second kappa shape index (κ2) is 5.06. The van der Waals surface area contributed by atoms with E-state index in [1.54, 1.807) is 6.92 Å². The number of rotatable bonds is 3. The fraction of sp³-hybridized carbons (Fsp3) is 0.615. The number of aldehydes is 1. The molecule has 1 aromatic rings. The number of aryl methyl sites for hydroxylation is 1. The Balaban J connectivity index is 1.80. The van der Waals surface area contributed by atoms with Crippen molar-refractivity contribution in [2.24, 2.45) is 0 Å². The van der Waals surface area contributed by atoms with Crippen molar-refractivity contribution in [3.8, 4) is 0 Å². The molecule has 1 saturated carbocycles. The van der Waals surface area contributed by atoms with E-state index in [1.807, 2.05) is 0 Å². The highest BCUT2D eigenvalue weighted by molar-refractivity contribution is 6.32. The molecule has 5 nitrogen and oxygen atoms in total. The van der Waals surface area contributed by atoms with Crippen LogP contribution in [0.25, 0.3) is 0 Å². The van der Waals surface area contributed by atoms with Gasteiger partial charge in [-0.2, -0.15) is 0 Å². The Morgan fingerprint density at radius 3 is 2.47 bits per heavy atom. The lowest BCUT2D eigenvalue weighted by Gasteiger charge is -2.36. The van der Waals surface area contributed by atoms with Crippen molar-refractivity contribution in [1.82, 2.24) is 14.9 Å². The first-order valence-electron chi connectivity index (χ1n) is 6.67. The fourth-order valence-corrected chi connectivity index (χ4v) is 2.87. The standard InChI is InChI=1S/C13H17ClN4O/c1-9-15-12(14)11(8-19)13(16-9)18-6-4-17(5-7-18)10-2-3-10/h8,10H,2-7H2,1H3. The van der Waals surface area contributed by atoms with Gasteiger partial charge >= 0.3 is 0 Å². The molecular weight excluding hydrogens is 264 g/mol. The maximum Gasteiger partial charge on any atom is 0.156 e. The van der Waals surface area contributed by atoms with Crippen LogP contribution in [0, 0.1) is 6.92 Å². The molecule has 1 aromatic heterocycles. The Morgan fingerprint density at radius 2 is 1.89 bits per heavy atom. The summed E-state index contributed by atoms with van der Waals surface area (Å²) in [4.78, 5) is 24.3. The van der Waals surface area contributed by atoms with Gasteiger partial charge in [-0.05, 0) is 19.8 Å². The second-order valence-corrected chi connectivity index (χ2v) is 5.53. The van der Waals surface area contributed by atoms with Crippen molar-refractivity contribution in [3.63, 3.8) is 0 Å². The van der Waals surface area contributed by atoms with Gasteiger partial charge in [0.05, 0.1) is 5.56 Å². The molecule has 0 spiro atoms. The summed E-state index contributed by atoms with van der Waals surface area (Å²) in [5.74, 6) is 1.29. The summed E-state index contributed by atoms with van der Waals surface area (Å²) in [6, 6.07) is 0.795. The molecule has 2 fully saturated rings. The minimum absolute atomic E-state index is 0.252. The first-order chi connectivity index (χ1) is 9.19. The van der Waals surface area contributed by atoms with Gasteiger partial charge < -0.3 is 4.90 Å². The summed E-state index contributed by atoms with van der Waals surface area (Å²) in [5.41, 5.74) is 0.409. The summed E-state index contributed by atoms with van der Waals surface area (Å²) < 4.78 is 0. The van der Waals surface area contributed by atoms with Crippen LogP contribution in [0.1, 0.15) is 29.0 Å². The molecule has 2 aliphatic rings. The quantitative estimate of drug-likeness (QED) is 0.621. The molecule has 1 aliphatic carbocycles. The highest BCUT2D eigenvalue weighted by atomic mass is 35.5. The average Bonchev–Trinajstić information content (AvgIpc) is 3.22. The largest absolute Gasteiger partial charge is 0.353 e. The van der Waals surface area contributed by atoms with Crippen molar-refractivity contribution in [3.05, 3.63) is 16.5 Å². The van der Waals surface area contributed by atoms with Crippen LogP contribution < -0.4 is 4.90 Å². The zero-order valence-electron chi connectivity index (χ0n) is 11.0. The fourth-order valence-electron chi connectivity index (χ4n) is 2.61. The number of nitrogens with zero attached hydrogens (tertiary/aromatic N) is 4. The Bertz CT molecular complexity index is 496. The van der Waals surface area contributed by atoms with E-state index in [2.05, 4.69) is 19.8 Å². The van der Waals surface area contributed by atoms with Crippen LogP contribution in [0.15, 0.2) is 0 Å². The number of carbonyl (C=O) groups excluding carboxylic acids is 1. The summed E-state index contributed by atoms with van der Waals surface area (Å²) in [7, 11) is 0. The topological polar surface area (TPSA) is 49.3 Å². The van der Waals surface area contributed by atoms with E-state index in [0.29, 0.717) is 17.2 Å². The smallest absolute Gasteiger partial charge is 0.156 e. The summed E-state index contributed by atoms with van der Waals surface area (Å²) in [5, 5.41) is 0.252. The van der Waals surface area contributed by atoms with E-state index < -0.39 is 0 Å². The molecule has 3 rings (SSSR count). The minimum Gasteiger partial charge on any atom is -0.353 e. The van der Waals surface area contributed by atoms with E-state index in [9.17, 15) is 4.79 Å². The van der Waals surface area contributed by atoms with Crippen LogP contribution in [0.3, 0.4) is 0 Å². The van der Waals surface area contributed by atoms with Crippen LogP contribution in [-0.2, 0) is 0 Å². The number of hydrogen-bond acceptors (Lipinski definition) is 5. The molecule has 102 valence electrons. The summed E-state index contributed by atoms with van der Waals surface area (Å²) in [6.45, 7) is 5.64. The van der Waals surface area contributed by atoms with Crippen LogP contribution in [-0.4, -0.2) is 53.4 Å². The van der Waals surface area contributed by atoms with Crippen LogP contribution in [0.2, 0.25) is 5.15 Å². The predicted octanol–water partition coefficient (Wildman–Crippen LogP) is 1.54. The monoisotopic (exact) mass is 280 g/mol. The molecule has 0 N–H and O–H groups in total. The molecule has 0 radical (unpaired) electrons. The molecule has 0 amide bonds. The van der Waals surface area contributed by atoms with Crippen molar-refractivity contribution < 1.29 is 4.79 Å². The lowest BCUT2D eigenvalue weighted by atomic mass is 10.2. The number of anilines is 1. The zero-order valence-corrected chi connectivity index (χ0v) is 11.7. The van der Waals surface area contributed by atoms with Gasteiger partial charge in [0.1, 0.15) is 16.8 Å². The van der Waals surface area contributed by atoms with Gasteiger partial charge in [-0.15, -0.1) is 0 Å². The van der Waals surface area contributed by atoms with Crippen LogP contribution in [0.4, 0.5) is 5.82 Å². The number of aromatic nitrogens is 2. The van der Waals surface area contributed by atoms with Gasteiger partial charge in [0.2, 0.25) is 0 Å². The lowest BCUT2D eigenvalue weighted by molar-refractivity contribution is 0.112.